The van der Waals surface area contributed by atoms with E-state index in [4.69, 9.17) is 18.9 Å². The van der Waals surface area contributed by atoms with E-state index >= 15 is 0 Å². The molecule has 0 saturated heterocycles. The molecule has 1 rings (SSSR count). The van der Waals surface area contributed by atoms with Crippen LogP contribution in [0.2, 0.25) is 0 Å². The Morgan fingerprint density at radius 1 is 1.07 bits per heavy atom. The molecule has 0 spiro atoms. The third-order valence-electron chi connectivity index (χ3n) is 2.99. The summed E-state index contributed by atoms with van der Waals surface area (Å²) < 4.78 is 21.7. The second kappa shape index (κ2) is 4.89. The maximum Gasteiger partial charge on any atom is 0.198 e. The topological polar surface area (TPSA) is 36.9 Å². The van der Waals surface area contributed by atoms with Gasteiger partial charge in [-0.05, 0) is 6.08 Å². The van der Waals surface area contributed by atoms with Crippen LogP contribution in [0.1, 0.15) is 6.42 Å². The molecule has 2 unspecified atom stereocenters. The minimum absolute atomic E-state index is 0.139. The van der Waals surface area contributed by atoms with Crippen molar-refractivity contribution < 1.29 is 18.9 Å². The van der Waals surface area contributed by atoms with Gasteiger partial charge in [-0.1, -0.05) is 6.08 Å². The van der Waals surface area contributed by atoms with E-state index < -0.39 is 11.6 Å². The van der Waals surface area contributed by atoms with Crippen molar-refractivity contribution in [1.29, 1.82) is 0 Å². The van der Waals surface area contributed by atoms with Crippen LogP contribution in [0.15, 0.2) is 12.2 Å². The molecule has 0 fully saturated rings. The number of rotatable bonds is 4. The third-order valence-corrected chi connectivity index (χ3v) is 3.96. The maximum atomic E-state index is 5.44. The van der Waals surface area contributed by atoms with Gasteiger partial charge in [0.25, 0.3) is 0 Å². The van der Waals surface area contributed by atoms with Gasteiger partial charge in [0.15, 0.2) is 11.6 Å². The highest BCUT2D eigenvalue weighted by molar-refractivity contribution is 7.18. The largest absolute Gasteiger partial charge is 0.352 e. The zero-order chi connectivity index (χ0) is 11.5. The number of ether oxygens (including phenoxy) is 4. The molecule has 0 N–H and O–H groups in total. The molecule has 0 radical (unpaired) electrons. The lowest BCUT2D eigenvalue weighted by Crippen LogP contribution is -2.58. The van der Waals surface area contributed by atoms with Crippen molar-refractivity contribution in [1.82, 2.24) is 0 Å². The van der Waals surface area contributed by atoms with Crippen LogP contribution >= 0.6 is 9.24 Å². The van der Waals surface area contributed by atoms with Gasteiger partial charge < -0.3 is 18.9 Å². The summed E-state index contributed by atoms with van der Waals surface area (Å²) in [6, 6.07) is 0. The fraction of sp³-hybridized carbons (Fsp3) is 0.800. The summed E-state index contributed by atoms with van der Waals surface area (Å²) in [5.74, 6) is -1.53. The average molecular weight is 234 g/mol. The summed E-state index contributed by atoms with van der Waals surface area (Å²) in [5, 5.41) is 0. The highest BCUT2D eigenvalue weighted by atomic mass is 31.0. The summed E-state index contributed by atoms with van der Waals surface area (Å²) in [6.45, 7) is 0. The van der Waals surface area contributed by atoms with Gasteiger partial charge in [-0.25, -0.2) is 0 Å². The SMILES string of the molecule is COC1(OC)C=CCC(OC)(OC)C1P. The zero-order valence-corrected chi connectivity index (χ0v) is 10.8. The fourth-order valence-electron chi connectivity index (χ4n) is 1.90. The van der Waals surface area contributed by atoms with Gasteiger partial charge in [-0.2, -0.15) is 0 Å². The van der Waals surface area contributed by atoms with Crippen molar-refractivity contribution in [2.24, 2.45) is 0 Å². The van der Waals surface area contributed by atoms with Crippen LogP contribution in [-0.2, 0) is 18.9 Å². The van der Waals surface area contributed by atoms with Gasteiger partial charge >= 0.3 is 0 Å². The minimum atomic E-state index is -0.811. The Morgan fingerprint density at radius 2 is 1.60 bits per heavy atom. The Morgan fingerprint density at radius 3 is 2.00 bits per heavy atom. The maximum absolute atomic E-state index is 5.44. The predicted octanol–water partition coefficient (Wildman–Crippen LogP) is 1.17. The Hall–Kier alpha value is 0.0100. The summed E-state index contributed by atoms with van der Waals surface area (Å²) in [5.41, 5.74) is -0.139. The summed E-state index contributed by atoms with van der Waals surface area (Å²) in [7, 11) is 9.12. The Labute approximate surface area is 93.1 Å². The summed E-state index contributed by atoms with van der Waals surface area (Å²) in [6.07, 6.45) is 4.50. The molecule has 88 valence electrons. The Balaban J connectivity index is 3.05. The van der Waals surface area contributed by atoms with E-state index in [0.717, 1.165) is 0 Å². The molecule has 0 saturated carbocycles. The van der Waals surface area contributed by atoms with Crippen LogP contribution < -0.4 is 0 Å². The van der Waals surface area contributed by atoms with E-state index in [1.54, 1.807) is 28.4 Å². The van der Waals surface area contributed by atoms with Crippen LogP contribution in [0.3, 0.4) is 0 Å². The van der Waals surface area contributed by atoms with Crippen molar-refractivity contribution in [2.75, 3.05) is 28.4 Å². The molecule has 0 aliphatic heterocycles. The van der Waals surface area contributed by atoms with E-state index in [1.165, 1.54) is 0 Å². The first-order valence-corrected chi connectivity index (χ1v) is 5.41. The molecule has 15 heavy (non-hydrogen) atoms. The van der Waals surface area contributed by atoms with Crippen molar-refractivity contribution in [3.63, 3.8) is 0 Å². The first-order chi connectivity index (χ1) is 7.10. The highest BCUT2D eigenvalue weighted by Gasteiger charge is 2.51. The Kier molecular flexibility index (Phi) is 4.27. The van der Waals surface area contributed by atoms with E-state index in [9.17, 15) is 0 Å². The van der Waals surface area contributed by atoms with E-state index in [0.29, 0.717) is 6.42 Å². The lowest BCUT2D eigenvalue weighted by Gasteiger charge is -2.46. The van der Waals surface area contributed by atoms with Crippen LogP contribution in [-0.4, -0.2) is 45.7 Å². The van der Waals surface area contributed by atoms with Gasteiger partial charge in [0, 0.05) is 34.9 Å². The molecule has 0 aromatic carbocycles. The molecule has 5 heteroatoms. The molecule has 0 aromatic heterocycles. The third kappa shape index (κ3) is 1.97. The standard InChI is InChI=1S/C10H19O4P/c1-11-9(12-2)6-5-7-10(13-3,14-4)8(9)15/h5-6,8H,7,15H2,1-4H3. The molecule has 4 nitrogen and oxygen atoms in total. The molecule has 1 aliphatic rings. The highest BCUT2D eigenvalue weighted by Crippen LogP contribution is 2.41. The van der Waals surface area contributed by atoms with E-state index in [1.807, 2.05) is 12.2 Å². The van der Waals surface area contributed by atoms with Crippen molar-refractivity contribution >= 4 is 9.24 Å². The van der Waals surface area contributed by atoms with Gasteiger partial charge in [0.1, 0.15) is 0 Å². The number of methoxy groups -OCH3 is 4. The van der Waals surface area contributed by atoms with Gasteiger partial charge in [0.2, 0.25) is 0 Å². The van der Waals surface area contributed by atoms with E-state index in [-0.39, 0.29) is 5.66 Å². The molecule has 2 atom stereocenters. The second-order valence-corrected chi connectivity index (χ2v) is 4.10. The first kappa shape index (κ1) is 13.1. The lowest BCUT2D eigenvalue weighted by atomic mass is 9.94. The van der Waals surface area contributed by atoms with Gasteiger partial charge in [-0.15, -0.1) is 9.24 Å². The fourth-order valence-corrected chi connectivity index (χ4v) is 2.69. The van der Waals surface area contributed by atoms with Crippen molar-refractivity contribution in [3.8, 4) is 0 Å². The summed E-state index contributed by atoms with van der Waals surface area (Å²) >= 11 is 0. The van der Waals surface area contributed by atoms with Crippen LogP contribution in [0.4, 0.5) is 0 Å². The molecular weight excluding hydrogens is 215 g/mol. The molecule has 0 aromatic rings. The van der Waals surface area contributed by atoms with Crippen LogP contribution in [0, 0.1) is 0 Å². The lowest BCUT2D eigenvalue weighted by molar-refractivity contribution is -0.272. The molecular formula is C10H19O4P. The minimum Gasteiger partial charge on any atom is -0.352 e. The molecule has 1 aliphatic carbocycles. The molecule has 0 heterocycles. The van der Waals surface area contributed by atoms with Crippen molar-refractivity contribution in [2.45, 2.75) is 23.7 Å². The normalized spacial score (nSPS) is 27.9. The quantitative estimate of drug-likeness (QED) is 0.415. The predicted molar refractivity (Wildman–Crippen MR) is 60.8 cm³/mol. The average Bonchev–Trinajstić information content (AvgIpc) is 2.30. The van der Waals surface area contributed by atoms with E-state index in [2.05, 4.69) is 9.24 Å². The zero-order valence-electron chi connectivity index (χ0n) is 9.65. The van der Waals surface area contributed by atoms with Gasteiger partial charge in [0.05, 0.1) is 5.66 Å². The monoisotopic (exact) mass is 234 g/mol. The second-order valence-electron chi connectivity index (χ2n) is 3.43. The van der Waals surface area contributed by atoms with Crippen LogP contribution in [0.25, 0.3) is 0 Å². The smallest absolute Gasteiger partial charge is 0.198 e. The van der Waals surface area contributed by atoms with Crippen LogP contribution in [0.5, 0.6) is 0 Å². The van der Waals surface area contributed by atoms with Gasteiger partial charge in [-0.3, -0.25) is 0 Å². The Bertz CT molecular complexity index is 234. The van der Waals surface area contributed by atoms with Crippen molar-refractivity contribution in [3.05, 3.63) is 12.2 Å². The first-order valence-electron chi connectivity index (χ1n) is 4.74. The number of hydrogen-bond donors (Lipinski definition) is 0. The molecule has 0 amide bonds. The summed E-state index contributed by atoms with van der Waals surface area (Å²) in [4.78, 5) is 0. The number of hydrogen-bond acceptors (Lipinski definition) is 4. The molecule has 0 bridgehead atoms.